The summed E-state index contributed by atoms with van der Waals surface area (Å²) in [5.41, 5.74) is 1.81. The number of nitrogens with zero attached hydrogens (tertiary/aromatic N) is 2. The minimum atomic E-state index is -3.15. The summed E-state index contributed by atoms with van der Waals surface area (Å²) in [5.74, 6) is -0.0363. The molecule has 0 radical (unpaired) electrons. The molecule has 1 rings (SSSR count). The highest BCUT2D eigenvalue weighted by Crippen LogP contribution is 2.08. The van der Waals surface area contributed by atoms with E-state index in [0.717, 1.165) is 19.6 Å². The summed E-state index contributed by atoms with van der Waals surface area (Å²) < 4.78 is 24.6. The second-order valence-electron chi connectivity index (χ2n) is 5.99. The quantitative estimate of drug-likeness (QED) is 0.605. The lowest BCUT2D eigenvalue weighted by Crippen LogP contribution is -2.32. The molecule has 1 aromatic rings. The van der Waals surface area contributed by atoms with Gasteiger partial charge >= 0.3 is 0 Å². The Morgan fingerprint density at radius 3 is 2.20 bits per heavy atom. The van der Waals surface area contributed by atoms with Gasteiger partial charge in [-0.25, -0.2) is 12.7 Å². The molecule has 0 bridgehead atoms. The summed E-state index contributed by atoms with van der Waals surface area (Å²) in [6.45, 7) is 9.62. The summed E-state index contributed by atoms with van der Waals surface area (Å²) >= 11 is 0. The smallest absolute Gasteiger partial charge is 0.251 e. The zero-order valence-corrected chi connectivity index (χ0v) is 16.6. The van der Waals surface area contributed by atoms with Crippen LogP contribution in [0.3, 0.4) is 0 Å². The summed E-state index contributed by atoms with van der Waals surface area (Å²) in [6, 6.07) is 7.63. The van der Waals surface area contributed by atoms with Gasteiger partial charge in [0.15, 0.2) is 0 Å². The van der Waals surface area contributed by atoms with Crippen molar-refractivity contribution in [2.45, 2.75) is 33.7 Å². The molecule has 1 N–H and O–H groups in total. The highest BCUT2D eigenvalue weighted by molar-refractivity contribution is 7.89. The van der Waals surface area contributed by atoms with Gasteiger partial charge in [0.25, 0.3) is 5.91 Å². The molecule has 1 aromatic carbocycles. The van der Waals surface area contributed by atoms with E-state index < -0.39 is 10.0 Å². The van der Waals surface area contributed by atoms with Gasteiger partial charge in [0.2, 0.25) is 10.0 Å². The SMILES string of the molecule is CCN(CC)Cc1ccc(C(=O)NCCCN(C)S(=O)(=O)CC)cc1. The molecule has 0 aliphatic heterocycles. The van der Waals surface area contributed by atoms with Crippen molar-refractivity contribution < 1.29 is 13.2 Å². The second-order valence-corrected chi connectivity index (χ2v) is 8.35. The third-order valence-corrected chi connectivity index (χ3v) is 6.15. The standard InChI is InChI=1S/C18H31N3O3S/c1-5-21(6-2)15-16-9-11-17(12-10-16)18(22)19-13-8-14-20(4)25(23,24)7-3/h9-12H,5-8,13-15H2,1-4H3,(H,19,22). The van der Waals surface area contributed by atoms with Gasteiger partial charge in [0.1, 0.15) is 0 Å². The van der Waals surface area contributed by atoms with Crippen LogP contribution in [-0.4, -0.2) is 62.5 Å². The van der Waals surface area contributed by atoms with Crippen LogP contribution in [0, 0.1) is 0 Å². The van der Waals surface area contributed by atoms with Crippen molar-refractivity contribution in [3.05, 3.63) is 35.4 Å². The molecule has 0 unspecified atom stereocenters. The molecule has 0 fully saturated rings. The van der Waals surface area contributed by atoms with Gasteiger partial charge in [-0.05, 0) is 44.1 Å². The molecule has 0 aliphatic carbocycles. The second kappa shape index (κ2) is 10.5. The van der Waals surface area contributed by atoms with E-state index in [1.165, 1.54) is 9.87 Å². The maximum absolute atomic E-state index is 12.1. The van der Waals surface area contributed by atoms with Crippen LogP contribution in [0.5, 0.6) is 0 Å². The van der Waals surface area contributed by atoms with E-state index in [1.807, 2.05) is 24.3 Å². The van der Waals surface area contributed by atoms with E-state index in [2.05, 4.69) is 24.1 Å². The van der Waals surface area contributed by atoms with Crippen LogP contribution in [0.15, 0.2) is 24.3 Å². The molecule has 0 saturated heterocycles. The molecule has 1 amide bonds. The maximum atomic E-state index is 12.1. The number of sulfonamides is 1. The third-order valence-electron chi connectivity index (χ3n) is 4.29. The lowest BCUT2D eigenvalue weighted by molar-refractivity contribution is 0.0953. The zero-order valence-electron chi connectivity index (χ0n) is 15.8. The molecule has 0 atom stereocenters. The van der Waals surface area contributed by atoms with Crippen molar-refractivity contribution in [3.63, 3.8) is 0 Å². The van der Waals surface area contributed by atoms with Gasteiger partial charge < -0.3 is 5.32 Å². The first-order chi connectivity index (χ1) is 11.8. The van der Waals surface area contributed by atoms with Crippen LogP contribution in [0.2, 0.25) is 0 Å². The highest BCUT2D eigenvalue weighted by atomic mass is 32.2. The van der Waals surface area contributed by atoms with Gasteiger partial charge in [0.05, 0.1) is 5.75 Å². The van der Waals surface area contributed by atoms with Crippen LogP contribution in [0.4, 0.5) is 0 Å². The number of amides is 1. The minimum Gasteiger partial charge on any atom is -0.352 e. The Morgan fingerprint density at radius 2 is 1.68 bits per heavy atom. The van der Waals surface area contributed by atoms with Crippen LogP contribution >= 0.6 is 0 Å². The average Bonchev–Trinajstić information content (AvgIpc) is 2.63. The first kappa shape index (κ1) is 21.6. The first-order valence-corrected chi connectivity index (χ1v) is 10.5. The predicted octanol–water partition coefficient (Wildman–Crippen LogP) is 1.93. The summed E-state index contributed by atoms with van der Waals surface area (Å²) in [7, 11) is -1.59. The fourth-order valence-electron chi connectivity index (χ4n) is 2.43. The van der Waals surface area contributed by atoms with Crippen molar-refractivity contribution in [1.82, 2.24) is 14.5 Å². The molecule has 6 nitrogen and oxygen atoms in total. The molecular formula is C18H31N3O3S. The van der Waals surface area contributed by atoms with E-state index in [1.54, 1.807) is 14.0 Å². The van der Waals surface area contributed by atoms with E-state index >= 15 is 0 Å². The Balaban J connectivity index is 2.43. The van der Waals surface area contributed by atoms with Gasteiger partial charge in [-0.3, -0.25) is 9.69 Å². The number of nitrogens with one attached hydrogen (secondary N) is 1. The third kappa shape index (κ3) is 7.13. The molecule has 25 heavy (non-hydrogen) atoms. The lowest BCUT2D eigenvalue weighted by atomic mass is 10.1. The molecule has 0 aliphatic rings. The van der Waals surface area contributed by atoms with Crippen molar-refractivity contribution >= 4 is 15.9 Å². The minimum absolute atomic E-state index is 0.0930. The summed E-state index contributed by atoms with van der Waals surface area (Å²) in [4.78, 5) is 14.5. The number of hydrogen-bond acceptors (Lipinski definition) is 4. The Bertz CT molecular complexity index is 625. The Morgan fingerprint density at radius 1 is 1.08 bits per heavy atom. The van der Waals surface area contributed by atoms with Gasteiger partial charge in [0, 0.05) is 32.2 Å². The van der Waals surface area contributed by atoms with Crippen molar-refractivity contribution in [2.24, 2.45) is 0 Å². The number of carbonyl (C=O) groups excluding carboxylic acids is 1. The Kier molecular flexibility index (Phi) is 9.10. The fraction of sp³-hybridized carbons (Fsp3) is 0.611. The summed E-state index contributed by atoms with van der Waals surface area (Å²) in [6.07, 6.45) is 0.585. The molecule has 0 heterocycles. The predicted molar refractivity (Wildman–Crippen MR) is 102 cm³/mol. The van der Waals surface area contributed by atoms with E-state index in [9.17, 15) is 13.2 Å². The monoisotopic (exact) mass is 369 g/mol. The van der Waals surface area contributed by atoms with Crippen molar-refractivity contribution in [3.8, 4) is 0 Å². The normalized spacial score (nSPS) is 11.9. The number of benzene rings is 1. The van der Waals surface area contributed by atoms with E-state index in [0.29, 0.717) is 25.1 Å². The van der Waals surface area contributed by atoms with Crippen LogP contribution in [-0.2, 0) is 16.6 Å². The van der Waals surface area contributed by atoms with E-state index in [4.69, 9.17) is 0 Å². The number of rotatable bonds is 11. The van der Waals surface area contributed by atoms with Gasteiger partial charge in [-0.2, -0.15) is 0 Å². The van der Waals surface area contributed by atoms with Crippen molar-refractivity contribution in [1.29, 1.82) is 0 Å². The topological polar surface area (TPSA) is 69.7 Å². The first-order valence-electron chi connectivity index (χ1n) is 8.87. The molecule has 0 spiro atoms. The van der Waals surface area contributed by atoms with Crippen LogP contribution in [0.1, 0.15) is 43.1 Å². The molecular weight excluding hydrogens is 338 g/mol. The Hall–Kier alpha value is -1.44. The Labute approximate surface area is 152 Å². The van der Waals surface area contributed by atoms with Gasteiger partial charge in [-0.15, -0.1) is 0 Å². The van der Waals surface area contributed by atoms with Crippen LogP contribution < -0.4 is 5.32 Å². The van der Waals surface area contributed by atoms with Crippen LogP contribution in [0.25, 0.3) is 0 Å². The largest absolute Gasteiger partial charge is 0.352 e. The molecule has 142 valence electrons. The molecule has 7 heteroatoms. The number of hydrogen-bond donors (Lipinski definition) is 1. The number of carbonyl (C=O) groups is 1. The lowest BCUT2D eigenvalue weighted by Gasteiger charge is -2.18. The highest BCUT2D eigenvalue weighted by Gasteiger charge is 2.14. The maximum Gasteiger partial charge on any atom is 0.251 e. The fourth-order valence-corrected chi connectivity index (χ4v) is 3.28. The van der Waals surface area contributed by atoms with Crippen molar-refractivity contribution in [2.75, 3.05) is 39.0 Å². The van der Waals surface area contributed by atoms with Gasteiger partial charge in [-0.1, -0.05) is 26.0 Å². The average molecular weight is 370 g/mol. The summed E-state index contributed by atoms with van der Waals surface area (Å²) in [5, 5.41) is 2.84. The molecule has 0 aromatic heterocycles. The molecule has 0 saturated carbocycles. The zero-order chi connectivity index (χ0) is 18.9. The van der Waals surface area contributed by atoms with E-state index in [-0.39, 0.29) is 11.7 Å².